The van der Waals surface area contributed by atoms with Crippen molar-refractivity contribution in [1.29, 1.82) is 0 Å². The number of nitrogens with two attached hydrogens (primary N) is 4. The highest BCUT2D eigenvalue weighted by atomic mass is 32.1. The smallest absolute Gasteiger partial charge is 0.326 e. The lowest BCUT2D eigenvalue weighted by atomic mass is 9.96. The summed E-state index contributed by atoms with van der Waals surface area (Å²) in [6.07, 6.45) is -1.99. The molecular weight excluding hydrogens is 1460 g/mol. The van der Waals surface area contributed by atoms with Gasteiger partial charge in [0.15, 0.2) is 5.96 Å². The van der Waals surface area contributed by atoms with Gasteiger partial charge in [-0.3, -0.25) is 81.7 Å². The third kappa shape index (κ3) is 36.1. The van der Waals surface area contributed by atoms with E-state index in [4.69, 9.17) is 22.9 Å². The number of nitrogens with one attached hydrogen (secondary N) is 14. The predicted octanol–water partition coefficient (Wildman–Crippen LogP) is -7.86. The van der Waals surface area contributed by atoms with E-state index in [-0.39, 0.29) is 43.4 Å². The molecule has 0 aliphatic heterocycles. The molecule has 0 bridgehead atoms. The summed E-state index contributed by atoms with van der Waals surface area (Å²) < 4.78 is 0. The molecule has 42 heteroatoms. The monoisotopic (exact) mass is 1570 g/mol. The van der Waals surface area contributed by atoms with Crippen LogP contribution in [0.5, 0.6) is 0 Å². The maximum atomic E-state index is 14.1. The Morgan fingerprint density at radius 1 is 0.454 bits per heavy atom. The Hall–Kier alpha value is -9.94. The second-order valence-corrected chi connectivity index (χ2v) is 27.2. The van der Waals surface area contributed by atoms with Gasteiger partial charge in [0, 0.05) is 37.3 Å². The number of thiol groups is 2. The molecule has 0 fully saturated rings. The van der Waals surface area contributed by atoms with Gasteiger partial charge in [-0.25, -0.2) is 4.79 Å². The number of aliphatic hydroxyl groups is 2. The van der Waals surface area contributed by atoms with Gasteiger partial charge in [0.25, 0.3) is 0 Å². The van der Waals surface area contributed by atoms with Gasteiger partial charge in [0.1, 0.15) is 72.5 Å². The van der Waals surface area contributed by atoms with Crippen LogP contribution in [0.3, 0.4) is 0 Å². The zero-order chi connectivity index (χ0) is 82.2. The molecule has 1 aromatic rings. The fraction of sp³-hybridized carbons (Fsp3) is 0.636. The number of aliphatic carboxylic acids is 2. The lowest BCUT2D eigenvalue weighted by Gasteiger charge is -2.30. The number of primary amides is 1. The zero-order valence-electron chi connectivity index (χ0n) is 61.9. The summed E-state index contributed by atoms with van der Waals surface area (Å²) in [5, 5.41) is 72.7. The molecule has 1 rings (SSSR count). The van der Waals surface area contributed by atoms with E-state index in [9.17, 15) is 102 Å². The number of hydrogen-bond acceptors (Lipinski definition) is 23. The molecule has 0 aliphatic rings. The van der Waals surface area contributed by atoms with Crippen molar-refractivity contribution in [1.82, 2.24) is 74.4 Å². The molecular formula is C66H109N19O21S2. The molecule has 0 heterocycles. The average Bonchev–Trinajstić information content (AvgIpc) is 0.856. The molecule has 606 valence electrons. The van der Waals surface area contributed by atoms with Crippen molar-refractivity contribution in [3.05, 3.63) is 35.9 Å². The fourth-order valence-corrected chi connectivity index (χ4v) is 10.4. The third-order valence-electron chi connectivity index (χ3n) is 16.3. The number of aliphatic hydroxyl groups excluding tert-OH is 2. The van der Waals surface area contributed by atoms with Gasteiger partial charge in [-0.1, -0.05) is 92.1 Å². The topological polar surface area (TPSA) is 656 Å². The first-order valence-electron chi connectivity index (χ1n) is 34.8. The molecule has 0 radical (unpaired) electrons. The minimum atomic E-state index is -1.90. The molecule has 0 saturated carbocycles. The van der Waals surface area contributed by atoms with Crippen molar-refractivity contribution >= 4 is 132 Å². The standard InChI is InChI=1S/C66H109N19O21S2/c1-10-34(8)52(85-53(93)35(9)74-54(94)37(67)23-31(2)3)64(104)84-51(33(6)7)63(103)79-40(18-20-46(68)88)58(98)82-45(30-108)61(101)77-38(17-14-22-71-66(69)70)57(97)80-43(28-87)60(100)83-50(32(4)5)62(102)78-39(19-21-49(91)92)55(95)72-26-48(90)76-42(27-86)59(99)81-44(29-107)56(96)73-25-47(89)75-41(65(105)106)24-36-15-12-11-13-16-36/h11-13,15-16,31-35,37-45,50-52,86-87,107-108H,10,14,17-30,67H2,1-9H3,(H2,68,88)(H,72,95)(H,73,96)(H,74,94)(H,75,89)(H,76,90)(H,77,101)(H,78,102)(H,79,103)(H,80,97)(H,81,99)(H,82,98)(H,83,100)(H,84,104)(H,85,93)(H,91,92)(H,105,106)(H4,69,70,71)/t34-,35-,37-,38-,39-,40-,41-,42-,43-,44-,45-,50-,51-,52-/m0/s1. The van der Waals surface area contributed by atoms with Crippen LogP contribution >= 0.6 is 25.3 Å². The van der Waals surface area contributed by atoms with Crippen molar-refractivity contribution in [3.63, 3.8) is 0 Å². The van der Waals surface area contributed by atoms with Crippen LogP contribution in [0.4, 0.5) is 0 Å². The SMILES string of the molecule is CC[C@H](C)[C@H](NC(=O)[C@H](C)NC(=O)[C@@H](N)CC(C)C)C(=O)N[C@H](C(=O)N[C@@H](CCC(N)=O)C(=O)N[C@@H](CS)C(=O)N[C@@H](CCCN=C(N)N)C(=O)N[C@@H](CO)C(=O)N[C@H](C(=O)N[C@@H](CCC(=O)O)C(=O)NCC(=O)N[C@@H](CO)C(=O)N[C@@H](CS)C(=O)NCC(=O)N[C@@H](Cc1ccccc1)C(=O)O)C(C)C)C(C)C. The highest BCUT2D eigenvalue weighted by molar-refractivity contribution is 7.80. The summed E-state index contributed by atoms with van der Waals surface area (Å²) in [6.45, 7) is 10.5. The van der Waals surface area contributed by atoms with Crippen LogP contribution in [0, 0.1) is 23.7 Å². The van der Waals surface area contributed by atoms with Crippen LogP contribution in [0.25, 0.3) is 0 Å². The predicted molar refractivity (Wildman–Crippen MR) is 396 cm³/mol. The first-order valence-corrected chi connectivity index (χ1v) is 36.1. The van der Waals surface area contributed by atoms with E-state index in [1.165, 1.54) is 20.8 Å². The normalized spacial score (nSPS) is 15.0. The minimum absolute atomic E-state index is 0.0344. The lowest BCUT2D eigenvalue weighted by molar-refractivity contribution is -0.141. The largest absolute Gasteiger partial charge is 0.481 e. The molecule has 0 aliphatic carbocycles. The number of carbonyl (C=O) groups is 17. The Labute approximate surface area is 636 Å². The number of carbonyl (C=O) groups excluding carboxylic acids is 15. The summed E-state index contributed by atoms with van der Waals surface area (Å²) >= 11 is 8.27. The van der Waals surface area contributed by atoms with Gasteiger partial charge in [0.05, 0.1) is 32.3 Å². The number of carboxylic acid groups (broad SMARTS) is 2. The van der Waals surface area contributed by atoms with E-state index in [0.717, 1.165) is 0 Å². The lowest BCUT2D eigenvalue weighted by Crippen LogP contribution is -2.62. The highest BCUT2D eigenvalue weighted by Gasteiger charge is 2.38. The quantitative estimate of drug-likeness (QED) is 0.0125. The fourth-order valence-electron chi connectivity index (χ4n) is 9.92. The summed E-state index contributed by atoms with van der Waals surface area (Å²) in [5.74, 6) is -20.9. The summed E-state index contributed by atoms with van der Waals surface area (Å²) in [6, 6.07) is -11.1. The molecule has 0 aromatic heterocycles. The van der Waals surface area contributed by atoms with E-state index in [0.29, 0.717) is 18.4 Å². The van der Waals surface area contributed by atoms with Gasteiger partial charge in [-0.05, 0) is 68.3 Å². The van der Waals surface area contributed by atoms with E-state index >= 15 is 0 Å². The molecule has 0 unspecified atom stereocenters. The number of nitrogens with zero attached hydrogens (tertiary/aromatic N) is 1. The van der Waals surface area contributed by atoms with E-state index in [1.807, 2.05) is 13.8 Å². The Bertz CT molecular complexity index is 3280. The van der Waals surface area contributed by atoms with Gasteiger partial charge in [-0.2, -0.15) is 25.3 Å². The van der Waals surface area contributed by atoms with Crippen LogP contribution in [0.2, 0.25) is 0 Å². The summed E-state index contributed by atoms with van der Waals surface area (Å²) in [7, 11) is 0. The Morgan fingerprint density at radius 3 is 1.31 bits per heavy atom. The Balaban J connectivity index is 3.31. The number of rotatable bonds is 51. The molecule has 108 heavy (non-hydrogen) atoms. The maximum absolute atomic E-state index is 14.1. The number of aliphatic imine (C=N–C) groups is 1. The summed E-state index contributed by atoms with van der Waals surface area (Å²) in [4.78, 5) is 229. The molecule has 40 nitrogen and oxygen atoms in total. The second-order valence-electron chi connectivity index (χ2n) is 26.5. The maximum Gasteiger partial charge on any atom is 0.326 e. The number of hydrogen-bond donors (Lipinski definition) is 24. The number of amides is 15. The highest BCUT2D eigenvalue weighted by Crippen LogP contribution is 2.14. The average molecular weight is 1570 g/mol. The molecule has 0 saturated heterocycles. The van der Waals surface area contributed by atoms with Crippen molar-refractivity contribution in [2.75, 3.05) is 44.4 Å². The number of guanidine groups is 1. The van der Waals surface area contributed by atoms with Gasteiger partial charge in [-0.15, -0.1) is 0 Å². The van der Waals surface area contributed by atoms with E-state index in [2.05, 4.69) is 105 Å². The first-order chi connectivity index (χ1) is 50.6. The zero-order valence-corrected chi connectivity index (χ0v) is 63.7. The van der Waals surface area contributed by atoms with E-state index < -0.39 is 255 Å². The van der Waals surface area contributed by atoms with Gasteiger partial charge in [0.2, 0.25) is 88.6 Å². The van der Waals surface area contributed by atoms with Crippen LogP contribution in [0.1, 0.15) is 119 Å². The van der Waals surface area contributed by atoms with Crippen LogP contribution < -0.4 is 97.4 Å². The van der Waals surface area contributed by atoms with E-state index in [1.54, 1.807) is 58.0 Å². The van der Waals surface area contributed by atoms with Crippen molar-refractivity contribution in [3.8, 4) is 0 Å². The molecule has 14 atom stereocenters. The second kappa shape index (κ2) is 49.8. The molecule has 0 spiro atoms. The minimum Gasteiger partial charge on any atom is -0.481 e. The number of benzene rings is 1. The Morgan fingerprint density at radius 2 is 0.852 bits per heavy atom. The third-order valence-corrected chi connectivity index (χ3v) is 17.0. The van der Waals surface area contributed by atoms with Crippen LogP contribution in [0.15, 0.2) is 35.3 Å². The van der Waals surface area contributed by atoms with Crippen molar-refractivity contribution in [2.45, 2.75) is 199 Å². The summed E-state index contributed by atoms with van der Waals surface area (Å²) in [5.41, 5.74) is 23.0. The van der Waals surface area contributed by atoms with Crippen LogP contribution in [-0.4, -0.2) is 250 Å². The van der Waals surface area contributed by atoms with Gasteiger partial charge >= 0.3 is 11.9 Å². The van der Waals surface area contributed by atoms with Crippen LogP contribution in [-0.2, 0) is 87.9 Å². The van der Waals surface area contributed by atoms with Crippen molar-refractivity contribution in [2.24, 2.45) is 51.6 Å². The molecule has 15 amide bonds. The molecule has 1 aromatic carbocycles. The number of carboxylic acids is 2. The van der Waals surface area contributed by atoms with Crippen molar-refractivity contribution < 1.29 is 102 Å². The first kappa shape index (κ1) is 96.1. The van der Waals surface area contributed by atoms with Gasteiger partial charge < -0.3 is 118 Å². The molecule has 26 N–H and O–H groups in total. The Kier molecular flexibility index (Phi) is 44.3.